The van der Waals surface area contributed by atoms with Crippen LogP contribution >= 0.6 is 25.1 Å². The van der Waals surface area contributed by atoms with E-state index in [1.807, 2.05) is 52.8 Å². The molecule has 0 aliphatic carbocycles. The van der Waals surface area contributed by atoms with Gasteiger partial charge in [-0.05, 0) is 57.9 Å². The maximum absolute atomic E-state index is 12.0. The van der Waals surface area contributed by atoms with Crippen LogP contribution in [0.15, 0.2) is 27.1 Å². The molecule has 0 aliphatic heterocycles. The first-order valence-corrected chi connectivity index (χ1v) is 8.37. The Balaban J connectivity index is 0.00000264. The fourth-order valence-electron chi connectivity index (χ4n) is 1.96. The van der Waals surface area contributed by atoms with E-state index in [0.717, 1.165) is 22.4 Å². The summed E-state index contributed by atoms with van der Waals surface area (Å²) in [6.45, 7) is 9.45. The number of hydrogen-bond acceptors (Lipinski definition) is 3. The number of nitrogens with zero attached hydrogens (tertiary/aromatic N) is 2. The van der Waals surface area contributed by atoms with Gasteiger partial charge >= 0.3 is 0 Å². The summed E-state index contributed by atoms with van der Waals surface area (Å²) in [6, 6.07) is 5.64. The monoisotopic (exact) mass is 388 g/mol. The van der Waals surface area contributed by atoms with Gasteiger partial charge in [0.2, 0.25) is 0 Å². The molecule has 0 unspecified atom stereocenters. The molecule has 2 rings (SSSR count). The summed E-state index contributed by atoms with van der Waals surface area (Å²) in [6.07, 6.45) is 1.49. The number of aryl methyl sites for hydroxylation is 2. The second-order valence-electron chi connectivity index (χ2n) is 6.06. The van der Waals surface area contributed by atoms with E-state index in [9.17, 15) is 4.21 Å². The third kappa shape index (κ3) is 5.19. The molecule has 1 atom stereocenters. The molecule has 0 aliphatic rings. The van der Waals surface area contributed by atoms with Crippen molar-refractivity contribution in [2.45, 2.75) is 46.8 Å². The van der Waals surface area contributed by atoms with E-state index in [0.29, 0.717) is 10.8 Å². The second kappa shape index (κ2) is 8.83. The quantitative estimate of drug-likeness (QED) is 0.675. The molecule has 0 spiro atoms. The van der Waals surface area contributed by atoms with Crippen LogP contribution in [-0.2, 0) is 11.0 Å². The van der Waals surface area contributed by atoms with Gasteiger partial charge in [-0.15, -0.1) is 0 Å². The van der Waals surface area contributed by atoms with Crippen LogP contribution in [0.4, 0.5) is 0 Å². The number of hydrogen-bond donors (Lipinski definition) is 0. The van der Waals surface area contributed by atoms with Gasteiger partial charge in [0.1, 0.15) is 11.0 Å². The Hall–Kier alpha value is -1.11. The molecule has 0 radical (unpaired) electrons. The van der Waals surface area contributed by atoms with Crippen molar-refractivity contribution in [3.8, 4) is 11.1 Å². The average Bonchev–Trinajstić information content (AvgIpc) is 2.76. The Morgan fingerprint density at radius 1 is 1.29 bits per heavy atom. The Kier molecular flexibility index (Phi) is 8.42. The fraction of sp³-hybridized carbons (Fsp3) is 0.412. The molecule has 0 bridgehead atoms. The first-order chi connectivity index (χ1) is 10.2. The van der Waals surface area contributed by atoms with Crippen LogP contribution in [0.2, 0.25) is 5.02 Å². The van der Waals surface area contributed by atoms with Gasteiger partial charge in [0.15, 0.2) is 5.76 Å². The lowest BCUT2D eigenvalue weighted by molar-refractivity contribution is 0.411. The van der Waals surface area contributed by atoms with Crippen molar-refractivity contribution >= 4 is 42.3 Å². The minimum atomic E-state index is -1.34. The Morgan fingerprint density at radius 2 is 1.92 bits per heavy atom. The zero-order valence-electron chi connectivity index (χ0n) is 13.8. The molecule has 134 valence electrons. The summed E-state index contributed by atoms with van der Waals surface area (Å²) in [4.78, 5) is 0. The predicted molar refractivity (Wildman–Crippen MR) is 109 cm³/mol. The lowest BCUT2D eigenvalue weighted by atomic mass is 9.99. The molecular weight excluding hydrogens is 364 g/mol. The molecule has 0 N–H and O–H groups in total. The van der Waals surface area contributed by atoms with Crippen molar-refractivity contribution in [1.82, 2.24) is 5.16 Å². The lowest BCUT2D eigenvalue weighted by Gasteiger charge is -2.12. The van der Waals surface area contributed by atoms with Crippen LogP contribution in [0, 0.1) is 13.8 Å². The van der Waals surface area contributed by atoms with Gasteiger partial charge in [-0.3, -0.25) is 0 Å². The number of aromatic nitrogens is 1. The zero-order valence-corrected chi connectivity index (χ0v) is 16.4. The SMILES string of the molecule is C.Cc1cc(Cl)ccc1-c1c(C)noc1C=N[S@@](=O)C(C)(C)C.S. The molecule has 1 aromatic heterocycles. The van der Waals surface area contributed by atoms with Gasteiger partial charge in [0.05, 0.1) is 22.2 Å². The van der Waals surface area contributed by atoms with Crippen molar-refractivity contribution in [3.05, 3.63) is 40.2 Å². The minimum Gasteiger partial charge on any atom is -0.354 e. The van der Waals surface area contributed by atoms with Gasteiger partial charge < -0.3 is 4.52 Å². The van der Waals surface area contributed by atoms with Crippen molar-refractivity contribution < 1.29 is 8.73 Å². The largest absolute Gasteiger partial charge is 0.354 e. The molecule has 2 aromatic rings. The first kappa shape index (κ1) is 22.9. The molecular formula is C17H25ClN2O2S2. The summed E-state index contributed by atoms with van der Waals surface area (Å²) in [7, 11) is -1.34. The van der Waals surface area contributed by atoms with Crippen LogP contribution in [0.25, 0.3) is 11.1 Å². The summed E-state index contributed by atoms with van der Waals surface area (Å²) < 4.78 is 21.1. The number of halogens is 1. The molecule has 7 heteroatoms. The highest BCUT2D eigenvalue weighted by atomic mass is 35.5. The van der Waals surface area contributed by atoms with E-state index in [-0.39, 0.29) is 20.9 Å². The van der Waals surface area contributed by atoms with Crippen molar-refractivity contribution in [2.24, 2.45) is 4.40 Å². The molecule has 0 saturated heterocycles. The summed E-state index contributed by atoms with van der Waals surface area (Å²) in [5, 5.41) is 4.68. The van der Waals surface area contributed by atoms with E-state index >= 15 is 0 Å². The van der Waals surface area contributed by atoms with E-state index < -0.39 is 15.7 Å². The molecule has 0 amide bonds. The van der Waals surface area contributed by atoms with Gasteiger partial charge in [0.25, 0.3) is 0 Å². The summed E-state index contributed by atoms with van der Waals surface area (Å²) >= 11 is 6.01. The zero-order chi connectivity index (χ0) is 16.5. The third-order valence-corrected chi connectivity index (χ3v) is 4.72. The predicted octanol–water partition coefficient (Wildman–Crippen LogP) is 5.24. The Morgan fingerprint density at radius 3 is 2.46 bits per heavy atom. The minimum absolute atomic E-state index is 0. The molecule has 1 aromatic carbocycles. The maximum Gasteiger partial charge on any atom is 0.186 e. The second-order valence-corrected chi connectivity index (χ2v) is 8.43. The number of rotatable bonds is 3. The van der Waals surface area contributed by atoms with Crippen molar-refractivity contribution in [2.75, 3.05) is 0 Å². The van der Waals surface area contributed by atoms with Crippen LogP contribution in [0.3, 0.4) is 0 Å². The molecule has 4 nitrogen and oxygen atoms in total. The van der Waals surface area contributed by atoms with E-state index in [4.69, 9.17) is 16.1 Å². The van der Waals surface area contributed by atoms with E-state index in [1.165, 1.54) is 6.21 Å². The normalized spacial score (nSPS) is 12.6. The van der Waals surface area contributed by atoms with Crippen LogP contribution in [-0.4, -0.2) is 20.3 Å². The van der Waals surface area contributed by atoms with Crippen LogP contribution in [0.5, 0.6) is 0 Å². The highest BCUT2D eigenvalue weighted by Crippen LogP contribution is 2.31. The van der Waals surface area contributed by atoms with E-state index in [1.54, 1.807) is 0 Å². The van der Waals surface area contributed by atoms with Gasteiger partial charge in [0, 0.05) is 5.02 Å². The smallest absolute Gasteiger partial charge is 0.186 e. The van der Waals surface area contributed by atoms with Crippen LogP contribution < -0.4 is 0 Å². The first-order valence-electron chi connectivity index (χ1n) is 6.89. The molecule has 24 heavy (non-hydrogen) atoms. The number of benzene rings is 1. The topological polar surface area (TPSA) is 55.5 Å². The van der Waals surface area contributed by atoms with Gasteiger partial charge in [-0.1, -0.05) is 30.3 Å². The summed E-state index contributed by atoms with van der Waals surface area (Å²) in [5.74, 6) is 0.500. The Bertz CT molecular complexity index is 750. The Labute approximate surface area is 158 Å². The highest BCUT2D eigenvalue weighted by Gasteiger charge is 2.20. The van der Waals surface area contributed by atoms with Crippen molar-refractivity contribution in [3.63, 3.8) is 0 Å². The lowest BCUT2D eigenvalue weighted by Crippen LogP contribution is -2.19. The fourth-order valence-corrected chi connectivity index (χ4v) is 2.70. The van der Waals surface area contributed by atoms with E-state index in [2.05, 4.69) is 9.55 Å². The average molecular weight is 389 g/mol. The van der Waals surface area contributed by atoms with Gasteiger partial charge in [-0.25, -0.2) is 4.21 Å². The van der Waals surface area contributed by atoms with Gasteiger partial charge in [-0.2, -0.15) is 17.9 Å². The maximum atomic E-state index is 12.0. The molecule has 0 fully saturated rings. The van der Waals surface area contributed by atoms with Crippen LogP contribution in [0.1, 0.15) is 45.2 Å². The van der Waals surface area contributed by atoms with Crippen molar-refractivity contribution in [1.29, 1.82) is 0 Å². The highest BCUT2D eigenvalue weighted by molar-refractivity contribution is 7.85. The molecule has 0 saturated carbocycles. The summed E-state index contributed by atoms with van der Waals surface area (Å²) in [5.41, 5.74) is 3.61. The third-order valence-electron chi connectivity index (χ3n) is 3.14. The standard InChI is InChI=1S/C16H19ClN2O2S.CH4.H2S/c1-10-8-12(17)6-7-13(10)15-11(2)19-21-14(15)9-18-22(20)16(3,4)5;;/h6-9H,1-5H3;1H4;1H2/t22-;;/m0../s1. The molecule has 1 heterocycles.